The van der Waals surface area contributed by atoms with Gasteiger partial charge in [-0.05, 0) is 30.7 Å². The van der Waals surface area contributed by atoms with Gasteiger partial charge in [-0.2, -0.15) is 0 Å². The van der Waals surface area contributed by atoms with E-state index in [4.69, 9.17) is 25.8 Å². The summed E-state index contributed by atoms with van der Waals surface area (Å²) >= 11 is 6.24. The molecule has 0 bridgehead atoms. The van der Waals surface area contributed by atoms with Crippen LogP contribution in [0.15, 0.2) is 42.6 Å². The minimum Gasteiger partial charge on any atom is -0.491 e. The molecule has 0 aliphatic carbocycles. The summed E-state index contributed by atoms with van der Waals surface area (Å²) < 4.78 is 16.2. The molecule has 0 radical (unpaired) electrons. The predicted molar refractivity (Wildman–Crippen MR) is 117 cm³/mol. The van der Waals surface area contributed by atoms with E-state index >= 15 is 0 Å². The van der Waals surface area contributed by atoms with Gasteiger partial charge in [0.1, 0.15) is 18.1 Å². The normalized spacial score (nSPS) is 11.4. The largest absolute Gasteiger partial charge is 0.491 e. The first-order valence-electron chi connectivity index (χ1n) is 9.48. The van der Waals surface area contributed by atoms with E-state index in [1.54, 1.807) is 37.6 Å². The number of aromatic nitrogens is 1. The molecule has 1 aromatic heterocycles. The van der Waals surface area contributed by atoms with Crippen LogP contribution in [-0.2, 0) is 9.53 Å². The molecule has 1 amide bonds. The second-order valence-electron chi connectivity index (χ2n) is 5.81. The number of benzene rings is 1. The van der Waals surface area contributed by atoms with Gasteiger partial charge < -0.3 is 19.5 Å². The lowest BCUT2D eigenvalue weighted by Crippen LogP contribution is -2.28. The summed E-state index contributed by atoms with van der Waals surface area (Å²) in [4.78, 5) is 15.3. The minimum absolute atomic E-state index is 0.0538. The van der Waals surface area contributed by atoms with Gasteiger partial charge in [0, 0.05) is 38.4 Å². The first kappa shape index (κ1) is 24.5. The zero-order chi connectivity index (χ0) is 21.6. The van der Waals surface area contributed by atoms with Crippen LogP contribution in [0, 0.1) is 0 Å². The number of hydrogen-bond acceptors (Lipinski definition) is 5. The first-order chi connectivity index (χ1) is 14.0. The molecule has 0 saturated heterocycles. The molecule has 1 N–H and O–H groups in total. The maximum Gasteiger partial charge on any atom is 0.219 e. The SMILES string of the molecule is CC.COCCOc1ccc(Oc2ccc(/C=C/[C@H](C)NC(C)=O)cn2)c(Cl)c1. The number of carbonyl (C=O) groups excluding carboxylic acids is 1. The Kier molecular flexibility index (Phi) is 11.5. The molecule has 6 nitrogen and oxygen atoms in total. The number of amides is 1. The zero-order valence-electron chi connectivity index (χ0n) is 17.6. The Labute approximate surface area is 177 Å². The molecule has 0 aliphatic heterocycles. The van der Waals surface area contributed by atoms with E-state index in [1.807, 2.05) is 39.0 Å². The number of rotatable bonds is 9. The maximum atomic E-state index is 11.0. The van der Waals surface area contributed by atoms with Gasteiger partial charge in [0.15, 0.2) is 0 Å². The maximum absolute atomic E-state index is 11.0. The van der Waals surface area contributed by atoms with Gasteiger partial charge in [-0.25, -0.2) is 4.98 Å². The zero-order valence-corrected chi connectivity index (χ0v) is 18.3. The van der Waals surface area contributed by atoms with Crippen molar-refractivity contribution in [1.29, 1.82) is 0 Å². The molecule has 0 unspecified atom stereocenters. The van der Waals surface area contributed by atoms with E-state index in [2.05, 4.69) is 10.3 Å². The predicted octanol–water partition coefficient (Wildman–Crippen LogP) is 5.12. The fraction of sp³-hybridized carbons (Fsp3) is 0.364. The molecule has 1 aromatic carbocycles. The van der Waals surface area contributed by atoms with Crippen LogP contribution in [-0.4, -0.2) is 37.3 Å². The van der Waals surface area contributed by atoms with Crippen molar-refractivity contribution in [3.8, 4) is 17.4 Å². The lowest BCUT2D eigenvalue weighted by Gasteiger charge is -2.10. The van der Waals surface area contributed by atoms with Gasteiger partial charge in [0.2, 0.25) is 11.8 Å². The van der Waals surface area contributed by atoms with Crippen molar-refractivity contribution in [3.05, 3.63) is 53.2 Å². The van der Waals surface area contributed by atoms with Crippen molar-refractivity contribution >= 4 is 23.6 Å². The molecule has 1 atom stereocenters. The van der Waals surface area contributed by atoms with Crippen LogP contribution >= 0.6 is 11.6 Å². The molecule has 7 heteroatoms. The summed E-state index contributed by atoms with van der Waals surface area (Å²) in [5.74, 6) is 1.50. The molecule has 0 saturated carbocycles. The number of nitrogens with zero attached hydrogens (tertiary/aromatic N) is 1. The number of halogens is 1. The monoisotopic (exact) mass is 420 g/mol. The van der Waals surface area contributed by atoms with Crippen LogP contribution in [0.2, 0.25) is 5.02 Å². The molecule has 2 rings (SSSR count). The van der Waals surface area contributed by atoms with Crippen LogP contribution in [0.1, 0.15) is 33.3 Å². The Balaban J connectivity index is 0.00000204. The van der Waals surface area contributed by atoms with Crippen molar-refractivity contribution in [3.63, 3.8) is 0 Å². The molecule has 1 heterocycles. The lowest BCUT2D eigenvalue weighted by atomic mass is 10.2. The van der Waals surface area contributed by atoms with Crippen molar-refractivity contribution in [2.24, 2.45) is 0 Å². The second kappa shape index (κ2) is 13.6. The highest BCUT2D eigenvalue weighted by Crippen LogP contribution is 2.31. The van der Waals surface area contributed by atoms with Gasteiger partial charge in [-0.1, -0.05) is 37.6 Å². The van der Waals surface area contributed by atoms with Gasteiger partial charge in [0.05, 0.1) is 11.6 Å². The van der Waals surface area contributed by atoms with Gasteiger partial charge in [0.25, 0.3) is 0 Å². The van der Waals surface area contributed by atoms with Crippen LogP contribution in [0.4, 0.5) is 0 Å². The number of methoxy groups -OCH3 is 1. The molecular formula is C22H29ClN2O4. The molecule has 0 fully saturated rings. The Bertz CT molecular complexity index is 779. The molecule has 158 valence electrons. The Morgan fingerprint density at radius 1 is 1.24 bits per heavy atom. The van der Waals surface area contributed by atoms with Crippen LogP contribution < -0.4 is 14.8 Å². The third-order valence-electron chi connectivity index (χ3n) is 3.44. The third kappa shape index (κ3) is 9.45. The van der Waals surface area contributed by atoms with E-state index in [-0.39, 0.29) is 11.9 Å². The summed E-state index contributed by atoms with van der Waals surface area (Å²) in [5.41, 5.74) is 0.896. The van der Waals surface area contributed by atoms with Crippen LogP contribution in [0.25, 0.3) is 6.08 Å². The highest BCUT2D eigenvalue weighted by Gasteiger charge is 2.06. The quantitative estimate of drug-likeness (QED) is 0.570. The van der Waals surface area contributed by atoms with Crippen LogP contribution in [0.5, 0.6) is 17.4 Å². The van der Waals surface area contributed by atoms with Gasteiger partial charge >= 0.3 is 0 Å². The van der Waals surface area contributed by atoms with E-state index in [0.29, 0.717) is 35.6 Å². The van der Waals surface area contributed by atoms with Crippen molar-refractivity contribution in [2.75, 3.05) is 20.3 Å². The van der Waals surface area contributed by atoms with E-state index < -0.39 is 0 Å². The molecule has 0 spiro atoms. The number of hydrogen-bond donors (Lipinski definition) is 1. The Hall–Kier alpha value is -2.57. The first-order valence-corrected chi connectivity index (χ1v) is 9.86. The number of ether oxygens (including phenoxy) is 3. The highest BCUT2D eigenvalue weighted by molar-refractivity contribution is 6.32. The minimum atomic E-state index is -0.0685. The summed E-state index contributed by atoms with van der Waals surface area (Å²) in [6.07, 6.45) is 5.46. The smallest absolute Gasteiger partial charge is 0.219 e. The molecular weight excluding hydrogens is 392 g/mol. The van der Waals surface area contributed by atoms with Gasteiger partial charge in [-0.3, -0.25) is 4.79 Å². The third-order valence-corrected chi connectivity index (χ3v) is 3.74. The number of carbonyl (C=O) groups is 1. The molecule has 0 aliphatic rings. The van der Waals surface area contributed by atoms with Crippen molar-refractivity contribution in [1.82, 2.24) is 10.3 Å². The topological polar surface area (TPSA) is 69.7 Å². The molecule has 2 aromatic rings. The summed E-state index contributed by atoms with van der Waals surface area (Å²) in [7, 11) is 1.62. The van der Waals surface area contributed by atoms with E-state index in [9.17, 15) is 4.79 Å². The summed E-state index contributed by atoms with van der Waals surface area (Å²) in [5, 5.41) is 3.21. The second-order valence-corrected chi connectivity index (χ2v) is 6.22. The lowest BCUT2D eigenvalue weighted by molar-refractivity contribution is -0.119. The Morgan fingerprint density at radius 2 is 2.00 bits per heavy atom. The fourth-order valence-electron chi connectivity index (χ4n) is 2.18. The summed E-state index contributed by atoms with van der Waals surface area (Å²) in [6, 6.07) is 8.76. The number of nitrogens with one attached hydrogen (secondary N) is 1. The standard InChI is InChI=1S/C20H23ClN2O4.C2H6/c1-14(23-15(2)24)4-5-16-6-9-20(22-13-16)27-19-8-7-17(12-18(19)21)26-11-10-25-3;1-2/h4-9,12-14H,10-11H2,1-3H3,(H,23,24);1-2H3/b5-4+;/t14-;/m0./s1. The highest BCUT2D eigenvalue weighted by atomic mass is 35.5. The fourth-order valence-corrected chi connectivity index (χ4v) is 2.39. The van der Waals surface area contributed by atoms with Crippen molar-refractivity contribution in [2.45, 2.75) is 33.7 Å². The van der Waals surface area contributed by atoms with E-state index in [1.165, 1.54) is 6.92 Å². The average molecular weight is 421 g/mol. The van der Waals surface area contributed by atoms with Crippen LogP contribution in [0.3, 0.4) is 0 Å². The van der Waals surface area contributed by atoms with Crippen molar-refractivity contribution < 1.29 is 19.0 Å². The van der Waals surface area contributed by atoms with Gasteiger partial charge in [-0.15, -0.1) is 0 Å². The number of pyridine rings is 1. The molecule has 29 heavy (non-hydrogen) atoms. The van der Waals surface area contributed by atoms with E-state index in [0.717, 1.165) is 5.56 Å². The summed E-state index contributed by atoms with van der Waals surface area (Å²) in [6.45, 7) is 8.34. The Morgan fingerprint density at radius 3 is 2.59 bits per heavy atom. The average Bonchev–Trinajstić information content (AvgIpc) is 2.70.